The van der Waals surface area contributed by atoms with Crippen molar-refractivity contribution in [2.75, 3.05) is 5.32 Å². The Labute approximate surface area is 114 Å². The minimum Gasteiger partial charge on any atom is -0.389 e. The van der Waals surface area contributed by atoms with Gasteiger partial charge >= 0.3 is 0 Å². The average Bonchev–Trinajstić information content (AvgIpc) is 2.66. The van der Waals surface area contributed by atoms with Crippen molar-refractivity contribution < 1.29 is 0 Å². The summed E-state index contributed by atoms with van der Waals surface area (Å²) in [5.74, 6) is 0. The number of rotatable bonds is 3. The van der Waals surface area contributed by atoms with Gasteiger partial charge < -0.3 is 11.1 Å². The quantitative estimate of drug-likeness (QED) is 0.847. The van der Waals surface area contributed by atoms with Gasteiger partial charge in [-0.1, -0.05) is 23.8 Å². The lowest BCUT2D eigenvalue weighted by molar-refractivity contribution is 1.36. The predicted octanol–water partition coefficient (Wildman–Crippen LogP) is 3.48. The molecule has 3 N–H and O–H groups in total. The summed E-state index contributed by atoms with van der Waals surface area (Å²) in [6.45, 7) is 2.00. The molecule has 88 valence electrons. The molecule has 0 amide bonds. The van der Waals surface area contributed by atoms with Gasteiger partial charge in [0.1, 0.15) is 4.99 Å². The SMILES string of the molecule is Cc1cnc(Nc2ccc(Cl)cc2C(N)=S)s1. The number of halogens is 1. The van der Waals surface area contributed by atoms with Crippen molar-refractivity contribution in [2.24, 2.45) is 5.73 Å². The Morgan fingerprint density at radius 2 is 2.29 bits per heavy atom. The Kier molecular flexibility index (Phi) is 3.61. The lowest BCUT2D eigenvalue weighted by Gasteiger charge is -2.09. The smallest absolute Gasteiger partial charge is 0.187 e. The molecule has 0 aliphatic heterocycles. The summed E-state index contributed by atoms with van der Waals surface area (Å²) >= 11 is 12.5. The van der Waals surface area contributed by atoms with Crippen molar-refractivity contribution in [3.8, 4) is 0 Å². The van der Waals surface area contributed by atoms with Gasteiger partial charge in [0.25, 0.3) is 0 Å². The highest BCUT2D eigenvalue weighted by Gasteiger charge is 2.08. The molecule has 0 saturated carbocycles. The molecule has 1 heterocycles. The third-order valence-corrected chi connectivity index (χ3v) is 3.39. The molecular formula is C11H10ClN3S2. The fourth-order valence-electron chi connectivity index (χ4n) is 1.36. The number of thiocarbonyl (C=S) groups is 1. The maximum atomic E-state index is 5.91. The van der Waals surface area contributed by atoms with Crippen molar-refractivity contribution in [2.45, 2.75) is 6.92 Å². The molecule has 1 aromatic heterocycles. The van der Waals surface area contributed by atoms with Gasteiger partial charge in [-0.15, -0.1) is 11.3 Å². The van der Waals surface area contributed by atoms with Crippen LogP contribution in [0.2, 0.25) is 5.02 Å². The van der Waals surface area contributed by atoms with Crippen molar-refractivity contribution in [1.29, 1.82) is 0 Å². The highest BCUT2D eigenvalue weighted by atomic mass is 35.5. The molecule has 1 aromatic carbocycles. The van der Waals surface area contributed by atoms with Crippen LogP contribution >= 0.6 is 35.2 Å². The largest absolute Gasteiger partial charge is 0.389 e. The summed E-state index contributed by atoms with van der Waals surface area (Å²) in [5, 5.41) is 4.60. The third-order valence-electron chi connectivity index (χ3n) is 2.11. The summed E-state index contributed by atoms with van der Waals surface area (Å²) in [6, 6.07) is 5.37. The summed E-state index contributed by atoms with van der Waals surface area (Å²) in [6.07, 6.45) is 1.81. The van der Waals surface area contributed by atoms with Gasteiger partial charge in [-0.05, 0) is 25.1 Å². The van der Waals surface area contributed by atoms with E-state index in [0.29, 0.717) is 10.0 Å². The van der Waals surface area contributed by atoms with Gasteiger partial charge in [0.2, 0.25) is 0 Å². The van der Waals surface area contributed by atoms with E-state index in [0.717, 1.165) is 21.3 Å². The van der Waals surface area contributed by atoms with E-state index in [1.807, 2.05) is 19.2 Å². The monoisotopic (exact) mass is 283 g/mol. The zero-order valence-corrected chi connectivity index (χ0v) is 11.4. The predicted molar refractivity (Wildman–Crippen MR) is 77.5 cm³/mol. The maximum absolute atomic E-state index is 5.91. The maximum Gasteiger partial charge on any atom is 0.187 e. The number of benzene rings is 1. The van der Waals surface area contributed by atoms with Crippen LogP contribution in [0.15, 0.2) is 24.4 Å². The molecule has 0 fully saturated rings. The van der Waals surface area contributed by atoms with Crippen LogP contribution in [0.5, 0.6) is 0 Å². The Morgan fingerprint density at radius 3 is 2.88 bits per heavy atom. The van der Waals surface area contributed by atoms with Gasteiger partial charge in [-0.25, -0.2) is 4.98 Å². The van der Waals surface area contributed by atoms with Crippen LogP contribution in [0.4, 0.5) is 10.8 Å². The zero-order chi connectivity index (χ0) is 12.4. The first-order chi connectivity index (χ1) is 8.06. The first-order valence-electron chi connectivity index (χ1n) is 4.85. The Morgan fingerprint density at radius 1 is 1.53 bits per heavy atom. The molecular weight excluding hydrogens is 274 g/mol. The summed E-state index contributed by atoms with van der Waals surface area (Å²) in [7, 11) is 0. The number of nitrogens with two attached hydrogens (primary N) is 1. The number of anilines is 2. The molecule has 6 heteroatoms. The molecule has 17 heavy (non-hydrogen) atoms. The minimum absolute atomic E-state index is 0.309. The van der Waals surface area contributed by atoms with Gasteiger partial charge in [0.05, 0.1) is 5.69 Å². The van der Waals surface area contributed by atoms with Crippen molar-refractivity contribution >= 4 is 51.0 Å². The molecule has 2 rings (SSSR count). The standard InChI is InChI=1S/C11H10ClN3S2/c1-6-5-14-11(17-6)15-9-3-2-7(12)4-8(9)10(13)16/h2-5H,1H3,(H2,13,16)(H,14,15). The highest BCUT2D eigenvalue weighted by molar-refractivity contribution is 7.80. The minimum atomic E-state index is 0.309. The van der Waals surface area contributed by atoms with E-state index in [-0.39, 0.29) is 0 Å². The second-order valence-corrected chi connectivity index (χ2v) is 5.57. The van der Waals surface area contributed by atoms with E-state index in [1.54, 1.807) is 23.5 Å². The van der Waals surface area contributed by atoms with Crippen molar-refractivity contribution in [1.82, 2.24) is 4.98 Å². The van der Waals surface area contributed by atoms with Gasteiger partial charge in [-0.3, -0.25) is 0 Å². The fraction of sp³-hybridized carbons (Fsp3) is 0.0909. The normalized spacial score (nSPS) is 10.2. The molecule has 0 spiro atoms. The second kappa shape index (κ2) is 5.00. The zero-order valence-electron chi connectivity index (χ0n) is 9.03. The van der Waals surface area contributed by atoms with Crippen LogP contribution in [0.3, 0.4) is 0 Å². The van der Waals surface area contributed by atoms with Gasteiger partial charge in [-0.2, -0.15) is 0 Å². The number of aryl methyl sites for hydroxylation is 1. The fourth-order valence-corrected chi connectivity index (χ4v) is 2.37. The summed E-state index contributed by atoms with van der Waals surface area (Å²) < 4.78 is 0. The number of hydrogen-bond acceptors (Lipinski definition) is 4. The number of nitrogens with zero attached hydrogens (tertiary/aromatic N) is 1. The average molecular weight is 284 g/mol. The van der Waals surface area contributed by atoms with E-state index in [4.69, 9.17) is 29.6 Å². The number of thiazole rings is 1. The van der Waals surface area contributed by atoms with Crippen LogP contribution in [0.25, 0.3) is 0 Å². The number of nitrogens with one attached hydrogen (secondary N) is 1. The third kappa shape index (κ3) is 2.94. The highest BCUT2D eigenvalue weighted by Crippen LogP contribution is 2.26. The summed E-state index contributed by atoms with van der Waals surface area (Å²) in [5.41, 5.74) is 7.20. The van der Waals surface area contributed by atoms with E-state index < -0.39 is 0 Å². The Hall–Kier alpha value is -1.17. The Bertz CT molecular complexity index is 566. The van der Waals surface area contributed by atoms with Crippen LogP contribution in [-0.4, -0.2) is 9.97 Å². The molecule has 0 atom stereocenters. The topological polar surface area (TPSA) is 50.9 Å². The van der Waals surface area contributed by atoms with E-state index in [9.17, 15) is 0 Å². The Balaban J connectivity index is 2.35. The lowest BCUT2D eigenvalue weighted by atomic mass is 10.2. The molecule has 0 unspecified atom stereocenters. The van der Waals surface area contributed by atoms with Crippen LogP contribution in [-0.2, 0) is 0 Å². The lowest BCUT2D eigenvalue weighted by Crippen LogP contribution is -2.11. The summed E-state index contributed by atoms with van der Waals surface area (Å²) in [4.78, 5) is 5.67. The van der Waals surface area contributed by atoms with Crippen LogP contribution in [0.1, 0.15) is 10.4 Å². The van der Waals surface area contributed by atoms with E-state index in [2.05, 4.69) is 10.3 Å². The molecule has 0 aliphatic rings. The first kappa shape index (κ1) is 12.3. The number of hydrogen-bond donors (Lipinski definition) is 2. The molecule has 0 radical (unpaired) electrons. The van der Waals surface area contributed by atoms with Crippen molar-refractivity contribution in [3.05, 3.63) is 39.9 Å². The second-order valence-electron chi connectivity index (χ2n) is 3.46. The number of aromatic nitrogens is 1. The van der Waals surface area contributed by atoms with Crippen molar-refractivity contribution in [3.63, 3.8) is 0 Å². The molecule has 0 bridgehead atoms. The van der Waals surface area contributed by atoms with Crippen LogP contribution in [0, 0.1) is 6.92 Å². The van der Waals surface area contributed by atoms with E-state index in [1.165, 1.54) is 0 Å². The molecule has 3 nitrogen and oxygen atoms in total. The van der Waals surface area contributed by atoms with E-state index >= 15 is 0 Å². The first-order valence-corrected chi connectivity index (χ1v) is 6.45. The molecule has 0 aliphatic carbocycles. The molecule has 0 saturated heterocycles. The van der Waals surface area contributed by atoms with Gasteiger partial charge in [0, 0.05) is 21.7 Å². The van der Waals surface area contributed by atoms with Crippen LogP contribution < -0.4 is 11.1 Å². The molecule has 2 aromatic rings. The van der Waals surface area contributed by atoms with Gasteiger partial charge in [0.15, 0.2) is 5.13 Å².